The number of hydrogen-bond acceptors (Lipinski definition) is 4. The quantitative estimate of drug-likeness (QED) is 0.606. The Morgan fingerprint density at radius 1 is 1.24 bits per heavy atom. The fraction of sp³-hybridized carbons (Fsp3) is 0.263. The summed E-state index contributed by atoms with van der Waals surface area (Å²) < 4.78 is 18.4. The van der Waals surface area contributed by atoms with Crippen molar-refractivity contribution in [2.45, 2.75) is 27.7 Å². The van der Waals surface area contributed by atoms with Gasteiger partial charge in [0.1, 0.15) is 16.4 Å². The van der Waals surface area contributed by atoms with Gasteiger partial charge < -0.3 is 10.1 Å². The molecule has 6 heteroatoms. The molecular weight excluding hydrogens is 341 g/mol. The second-order valence-electron chi connectivity index (χ2n) is 5.68. The number of nitrogens with one attached hydrogen (secondary N) is 1. The normalized spacial score (nSPS) is 10.3. The van der Waals surface area contributed by atoms with Crippen molar-refractivity contribution in [2.75, 3.05) is 11.9 Å². The summed E-state index contributed by atoms with van der Waals surface area (Å²) in [4.78, 5) is 25.4. The zero-order valence-electron chi connectivity index (χ0n) is 14.6. The number of aryl methyl sites for hydroxylation is 1. The van der Waals surface area contributed by atoms with Gasteiger partial charge >= 0.3 is 5.97 Å². The van der Waals surface area contributed by atoms with E-state index < -0.39 is 5.97 Å². The molecule has 0 unspecified atom stereocenters. The first-order valence-electron chi connectivity index (χ1n) is 7.85. The zero-order chi connectivity index (χ0) is 18.6. The maximum absolute atomic E-state index is 13.2. The van der Waals surface area contributed by atoms with Crippen LogP contribution in [0.1, 0.15) is 36.0 Å². The number of carbonyl (C=O) groups excluding carboxylic acids is 2. The molecule has 0 saturated heterocycles. The van der Waals surface area contributed by atoms with Crippen LogP contribution in [-0.4, -0.2) is 18.5 Å². The molecule has 1 heterocycles. The average Bonchev–Trinajstić information content (AvgIpc) is 2.83. The molecule has 0 aliphatic rings. The van der Waals surface area contributed by atoms with Gasteiger partial charge in [0.25, 0.3) is 0 Å². The third kappa shape index (κ3) is 4.54. The Labute approximate surface area is 150 Å². The SMILES string of the molecule is CCOC(=O)c1c(NC(=O)C=C(C)C)sc(C)c1-c1ccc(F)cc1. The van der Waals surface area contributed by atoms with Crippen LogP contribution < -0.4 is 5.32 Å². The van der Waals surface area contributed by atoms with Gasteiger partial charge in [0.15, 0.2) is 0 Å². The summed E-state index contributed by atoms with van der Waals surface area (Å²) in [5, 5.41) is 3.18. The smallest absolute Gasteiger partial charge is 0.341 e. The van der Waals surface area contributed by atoms with Crippen LogP contribution in [0, 0.1) is 12.7 Å². The van der Waals surface area contributed by atoms with E-state index in [1.54, 1.807) is 19.1 Å². The number of ether oxygens (including phenoxy) is 1. The lowest BCUT2D eigenvalue weighted by Crippen LogP contribution is -2.13. The van der Waals surface area contributed by atoms with Crippen molar-refractivity contribution in [1.82, 2.24) is 0 Å². The highest BCUT2D eigenvalue weighted by molar-refractivity contribution is 7.17. The van der Waals surface area contributed by atoms with Gasteiger partial charge in [-0.1, -0.05) is 17.7 Å². The van der Waals surface area contributed by atoms with E-state index in [1.807, 2.05) is 20.8 Å². The van der Waals surface area contributed by atoms with Crippen LogP contribution in [0.25, 0.3) is 11.1 Å². The Bertz CT molecular complexity index is 818. The van der Waals surface area contributed by atoms with Crippen molar-refractivity contribution in [3.63, 3.8) is 0 Å². The third-order valence-corrected chi connectivity index (χ3v) is 4.37. The van der Waals surface area contributed by atoms with E-state index in [9.17, 15) is 14.0 Å². The summed E-state index contributed by atoms with van der Waals surface area (Å²) >= 11 is 1.29. The van der Waals surface area contributed by atoms with E-state index in [2.05, 4.69) is 5.32 Å². The summed E-state index contributed by atoms with van der Waals surface area (Å²) in [5.41, 5.74) is 2.49. The summed E-state index contributed by atoms with van der Waals surface area (Å²) in [6.45, 7) is 7.42. The lowest BCUT2D eigenvalue weighted by molar-refractivity contribution is -0.111. The summed E-state index contributed by atoms with van der Waals surface area (Å²) in [5.74, 6) is -1.18. The molecule has 0 aliphatic heterocycles. The van der Waals surface area contributed by atoms with Crippen LogP contribution in [0.5, 0.6) is 0 Å². The number of rotatable bonds is 5. The number of anilines is 1. The predicted molar refractivity (Wildman–Crippen MR) is 98.5 cm³/mol. The minimum absolute atomic E-state index is 0.220. The molecule has 0 radical (unpaired) electrons. The van der Waals surface area contributed by atoms with Crippen molar-refractivity contribution in [1.29, 1.82) is 0 Å². The lowest BCUT2D eigenvalue weighted by atomic mass is 10.0. The van der Waals surface area contributed by atoms with Gasteiger partial charge in [0.05, 0.1) is 6.61 Å². The molecule has 0 spiro atoms. The second-order valence-corrected chi connectivity index (χ2v) is 6.90. The van der Waals surface area contributed by atoms with Crippen LogP contribution in [0.4, 0.5) is 9.39 Å². The van der Waals surface area contributed by atoms with Crippen LogP contribution in [0.15, 0.2) is 35.9 Å². The van der Waals surface area contributed by atoms with Gasteiger partial charge in [-0.25, -0.2) is 9.18 Å². The van der Waals surface area contributed by atoms with Gasteiger partial charge in [0, 0.05) is 16.5 Å². The molecule has 1 N–H and O–H groups in total. The maximum Gasteiger partial charge on any atom is 0.341 e. The number of benzene rings is 1. The average molecular weight is 361 g/mol. The Balaban J connectivity index is 2.55. The minimum Gasteiger partial charge on any atom is -0.462 e. The van der Waals surface area contributed by atoms with E-state index in [0.29, 0.717) is 21.7 Å². The number of hydrogen-bond donors (Lipinski definition) is 1. The molecule has 1 amide bonds. The molecule has 0 fully saturated rings. The molecule has 0 bridgehead atoms. The molecule has 0 atom stereocenters. The summed E-state index contributed by atoms with van der Waals surface area (Å²) in [7, 11) is 0. The topological polar surface area (TPSA) is 55.4 Å². The fourth-order valence-electron chi connectivity index (χ4n) is 2.41. The van der Waals surface area contributed by atoms with E-state index in [1.165, 1.54) is 29.5 Å². The Morgan fingerprint density at radius 3 is 2.44 bits per heavy atom. The molecule has 1 aromatic heterocycles. The van der Waals surface area contributed by atoms with Gasteiger partial charge in [-0.2, -0.15) is 0 Å². The maximum atomic E-state index is 13.2. The van der Waals surface area contributed by atoms with E-state index in [0.717, 1.165) is 10.5 Å². The van der Waals surface area contributed by atoms with Crippen LogP contribution >= 0.6 is 11.3 Å². The first kappa shape index (κ1) is 18.9. The van der Waals surface area contributed by atoms with Crippen molar-refractivity contribution >= 4 is 28.2 Å². The molecule has 2 aromatic rings. The third-order valence-electron chi connectivity index (χ3n) is 3.35. The highest BCUT2D eigenvalue weighted by Gasteiger charge is 2.25. The standard InChI is InChI=1S/C19H20FNO3S/c1-5-24-19(23)17-16(13-6-8-14(20)9-7-13)12(4)25-18(17)21-15(22)10-11(2)3/h6-10H,5H2,1-4H3,(H,21,22). The van der Waals surface area contributed by atoms with Crippen LogP contribution in [0.3, 0.4) is 0 Å². The first-order valence-corrected chi connectivity index (χ1v) is 8.67. The summed E-state index contributed by atoms with van der Waals surface area (Å²) in [6.07, 6.45) is 1.46. The number of thiophene rings is 1. The Kier molecular flexibility index (Phi) is 6.09. The highest BCUT2D eigenvalue weighted by atomic mass is 32.1. The largest absolute Gasteiger partial charge is 0.462 e. The number of halogens is 1. The van der Waals surface area contributed by atoms with Gasteiger partial charge in [0.2, 0.25) is 5.91 Å². The molecule has 1 aromatic carbocycles. The molecular formula is C19H20FNO3S. The van der Waals surface area contributed by atoms with Crippen molar-refractivity contribution in [3.8, 4) is 11.1 Å². The van der Waals surface area contributed by atoms with Crippen molar-refractivity contribution in [2.24, 2.45) is 0 Å². The molecule has 25 heavy (non-hydrogen) atoms. The van der Waals surface area contributed by atoms with E-state index >= 15 is 0 Å². The van der Waals surface area contributed by atoms with Gasteiger partial charge in [-0.3, -0.25) is 4.79 Å². The molecule has 132 valence electrons. The predicted octanol–water partition coefficient (Wildman–Crippen LogP) is 4.94. The monoisotopic (exact) mass is 361 g/mol. The number of amides is 1. The molecule has 0 saturated carbocycles. The Hall–Kier alpha value is -2.47. The van der Waals surface area contributed by atoms with Crippen molar-refractivity contribution in [3.05, 3.63) is 52.2 Å². The molecule has 2 rings (SSSR count). The molecule has 0 aliphatic carbocycles. The van der Waals surface area contributed by atoms with Gasteiger partial charge in [-0.05, 0) is 45.4 Å². The fourth-order valence-corrected chi connectivity index (χ4v) is 3.47. The first-order chi connectivity index (χ1) is 11.8. The lowest BCUT2D eigenvalue weighted by Gasteiger charge is -2.08. The number of esters is 1. The Morgan fingerprint density at radius 2 is 1.88 bits per heavy atom. The van der Waals surface area contributed by atoms with E-state index in [4.69, 9.17) is 4.74 Å². The zero-order valence-corrected chi connectivity index (χ0v) is 15.4. The number of carbonyl (C=O) groups is 2. The van der Waals surface area contributed by atoms with Crippen molar-refractivity contribution < 1.29 is 18.7 Å². The minimum atomic E-state index is -0.515. The number of allylic oxidation sites excluding steroid dienone is 1. The van der Waals surface area contributed by atoms with E-state index in [-0.39, 0.29) is 18.3 Å². The second kappa shape index (κ2) is 8.07. The highest BCUT2D eigenvalue weighted by Crippen LogP contribution is 2.40. The summed E-state index contributed by atoms with van der Waals surface area (Å²) in [6, 6.07) is 5.88. The molecule has 4 nitrogen and oxygen atoms in total. The van der Waals surface area contributed by atoms with Gasteiger partial charge in [-0.15, -0.1) is 11.3 Å². The van der Waals surface area contributed by atoms with Crippen LogP contribution in [-0.2, 0) is 9.53 Å². The van der Waals surface area contributed by atoms with Crippen LogP contribution in [0.2, 0.25) is 0 Å².